The minimum atomic E-state index is 0.528. The predicted molar refractivity (Wildman–Crippen MR) is 63.2 cm³/mol. The fourth-order valence-electron chi connectivity index (χ4n) is 1.21. The van der Waals surface area contributed by atoms with Crippen LogP contribution >= 0.6 is 0 Å². The van der Waals surface area contributed by atoms with Crippen molar-refractivity contribution >= 4 is 5.69 Å². The van der Waals surface area contributed by atoms with Gasteiger partial charge in [-0.05, 0) is 6.07 Å². The van der Waals surface area contributed by atoms with E-state index in [0.29, 0.717) is 33.0 Å². The molecule has 90 valence electrons. The van der Waals surface area contributed by atoms with Gasteiger partial charge in [-0.15, -0.1) is 0 Å². The number of hydrogen-bond donors (Lipinski definition) is 1. The number of para-hydroxylation sites is 1. The van der Waals surface area contributed by atoms with Gasteiger partial charge in [0, 0.05) is 18.4 Å². The van der Waals surface area contributed by atoms with E-state index in [1.54, 1.807) is 7.11 Å². The molecule has 0 saturated heterocycles. The standard InChI is InChI=1S/C12H19NO3/c1-14-6-7-15-8-9-16-10-11-4-2-3-5-12(11)13/h2-5H,6-10,13H2,1H3. The first-order chi connectivity index (χ1) is 7.84. The lowest BCUT2D eigenvalue weighted by molar-refractivity contribution is 0.0201. The van der Waals surface area contributed by atoms with Crippen LogP contribution in [0.4, 0.5) is 5.69 Å². The van der Waals surface area contributed by atoms with Gasteiger partial charge in [-0.2, -0.15) is 0 Å². The zero-order valence-electron chi connectivity index (χ0n) is 9.65. The minimum absolute atomic E-state index is 0.528. The Morgan fingerprint density at radius 2 is 1.69 bits per heavy atom. The second-order valence-corrected chi connectivity index (χ2v) is 3.36. The SMILES string of the molecule is COCCOCCOCc1ccccc1N. The second-order valence-electron chi connectivity index (χ2n) is 3.36. The number of anilines is 1. The molecule has 0 spiro atoms. The van der Waals surface area contributed by atoms with E-state index in [4.69, 9.17) is 19.9 Å². The molecule has 0 fully saturated rings. The summed E-state index contributed by atoms with van der Waals surface area (Å²) in [6, 6.07) is 7.69. The Hall–Kier alpha value is -1.10. The van der Waals surface area contributed by atoms with E-state index in [1.807, 2.05) is 24.3 Å². The van der Waals surface area contributed by atoms with Gasteiger partial charge in [0.05, 0.1) is 33.0 Å². The number of nitrogens with two attached hydrogens (primary N) is 1. The average Bonchev–Trinajstić information content (AvgIpc) is 2.30. The lowest BCUT2D eigenvalue weighted by Gasteiger charge is -2.07. The fraction of sp³-hybridized carbons (Fsp3) is 0.500. The third-order valence-electron chi connectivity index (χ3n) is 2.12. The van der Waals surface area contributed by atoms with Gasteiger partial charge >= 0.3 is 0 Å². The normalized spacial score (nSPS) is 10.6. The molecule has 0 bridgehead atoms. The summed E-state index contributed by atoms with van der Waals surface area (Å²) >= 11 is 0. The average molecular weight is 225 g/mol. The van der Waals surface area contributed by atoms with Crippen molar-refractivity contribution in [2.45, 2.75) is 6.61 Å². The molecule has 1 aromatic carbocycles. The lowest BCUT2D eigenvalue weighted by Crippen LogP contribution is -2.08. The summed E-state index contributed by atoms with van der Waals surface area (Å²) < 4.78 is 15.5. The van der Waals surface area contributed by atoms with Gasteiger partial charge in [-0.3, -0.25) is 0 Å². The largest absolute Gasteiger partial charge is 0.398 e. The van der Waals surface area contributed by atoms with Gasteiger partial charge in [0.15, 0.2) is 0 Å². The summed E-state index contributed by atoms with van der Waals surface area (Å²) in [6.07, 6.45) is 0. The van der Waals surface area contributed by atoms with Crippen LogP contribution in [0, 0.1) is 0 Å². The molecule has 0 amide bonds. The fourth-order valence-corrected chi connectivity index (χ4v) is 1.21. The molecule has 0 aliphatic carbocycles. The number of ether oxygens (including phenoxy) is 3. The van der Waals surface area contributed by atoms with Crippen LogP contribution in [-0.2, 0) is 20.8 Å². The van der Waals surface area contributed by atoms with Crippen LogP contribution in [0.15, 0.2) is 24.3 Å². The molecule has 16 heavy (non-hydrogen) atoms. The molecule has 0 saturated carbocycles. The number of rotatable bonds is 8. The van der Waals surface area contributed by atoms with Gasteiger partial charge in [0.25, 0.3) is 0 Å². The first-order valence-electron chi connectivity index (χ1n) is 5.32. The zero-order valence-corrected chi connectivity index (χ0v) is 9.65. The lowest BCUT2D eigenvalue weighted by atomic mass is 10.2. The molecule has 1 aromatic rings. The minimum Gasteiger partial charge on any atom is -0.398 e. The number of nitrogen functional groups attached to an aromatic ring is 1. The summed E-state index contributed by atoms with van der Waals surface area (Å²) in [5.74, 6) is 0. The van der Waals surface area contributed by atoms with E-state index < -0.39 is 0 Å². The van der Waals surface area contributed by atoms with Gasteiger partial charge in [0.2, 0.25) is 0 Å². The number of hydrogen-bond acceptors (Lipinski definition) is 4. The van der Waals surface area contributed by atoms with Crippen molar-refractivity contribution in [3.05, 3.63) is 29.8 Å². The predicted octanol–water partition coefficient (Wildman–Crippen LogP) is 1.45. The molecule has 2 N–H and O–H groups in total. The van der Waals surface area contributed by atoms with Crippen molar-refractivity contribution in [2.24, 2.45) is 0 Å². The van der Waals surface area contributed by atoms with Crippen LogP contribution in [0.3, 0.4) is 0 Å². The van der Waals surface area contributed by atoms with E-state index in [1.165, 1.54) is 0 Å². The maximum Gasteiger partial charge on any atom is 0.0738 e. The Bertz CT molecular complexity index is 291. The second kappa shape index (κ2) is 8.10. The van der Waals surface area contributed by atoms with Gasteiger partial charge in [-0.25, -0.2) is 0 Å². The first kappa shape index (κ1) is 13.0. The maximum absolute atomic E-state index is 5.77. The Balaban J connectivity index is 2.05. The van der Waals surface area contributed by atoms with Crippen molar-refractivity contribution in [3.63, 3.8) is 0 Å². The third-order valence-corrected chi connectivity index (χ3v) is 2.12. The van der Waals surface area contributed by atoms with Crippen LogP contribution in [0.25, 0.3) is 0 Å². The van der Waals surface area contributed by atoms with Crippen LogP contribution in [-0.4, -0.2) is 33.5 Å². The number of benzene rings is 1. The molecular formula is C12H19NO3. The quantitative estimate of drug-likeness (QED) is 0.537. The summed E-state index contributed by atoms with van der Waals surface area (Å²) in [7, 11) is 1.65. The molecule has 0 aliphatic rings. The van der Waals surface area contributed by atoms with Crippen LogP contribution < -0.4 is 5.73 Å². The highest BCUT2D eigenvalue weighted by Gasteiger charge is 1.97. The van der Waals surface area contributed by atoms with Gasteiger partial charge in [0.1, 0.15) is 0 Å². The Kier molecular flexibility index (Phi) is 6.56. The molecular weight excluding hydrogens is 206 g/mol. The highest BCUT2D eigenvalue weighted by molar-refractivity contribution is 5.45. The van der Waals surface area contributed by atoms with Crippen molar-refractivity contribution in [2.75, 3.05) is 39.3 Å². The molecule has 0 aromatic heterocycles. The highest BCUT2D eigenvalue weighted by Crippen LogP contribution is 2.11. The van der Waals surface area contributed by atoms with Crippen molar-refractivity contribution < 1.29 is 14.2 Å². The molecule has 0 aliphatic heterocycles. The maximum atomic E-state index is 5.77. The van der Waals surface area contributed by atoms with E-state index in [2.05, 4.69) is 0 Å². The van der Waals surface area contributed by atoms with Crippen LogP contribution in [0.2, 0.25) is 0 Å². The summed E-state index contributed by atoms with van der Waals surface area (Å²) in [5, 5.41) is 0. The topological polar surface area (TPSA) is 53.7 Å². The van der Waals surface area contributed by atoms with Gasteiger partial charge in [-0.1, -0.05) is 18.2 Å². The van der Waals surface area contributed by atoms with Crippen molar-refractivity contribution in [3.8, 4) is 0 Å². The monoisotopic (exact) mass is 225 g/mol. The van der Waals surface area contributed by atoms with Crippen LogP contribution in [0.1, 0.15) is 5.56 Å². The van der Waals surface area contributed by atoms with Crippen LogP contribution in [0.5, 0.6) is 0 Å². The molecule has 0 atom stereocenters. The third kappa shape index (κ3) is 5.11. The summed E-state index contributed by atoms with van der Waals surface area (Å²) in [5.41, 5.74) is 7.55. The highest BCUT2D eigenvalue weighted by atomic mass is 16.5. The first-order valence-corrected chi connectivity index (χ1v) is 5.32. The van der Waals surface area contributed by atoms with E-state index in [0.717, 1.165) is 11.3 Å². The van der Waals surface area contributed by atoms with Crippen molar-refractivity contribution in [1.82, 2.24) is 0 Å². The molecule has 4 heteroatoms. The van der Waals surface area contributed by atoms with Crippen molar-refractivity contribution in [1.29, 1.82) is 0 Å². The Morgan fingerprint density at radius 1 is 1.00 bits per heavy atom. The summed E-state index contributed by atoms with van der Waals surface area (Å²) in [6.45, 7) is 2.90. The Morgan fingerprint density at radius 3 is 2.44 bits per heavy atom. The molecule has 1 rings (SSSR count). The smallest absolute Gasteiger partial charge is 0.0738 e. The zero-order chi connectivity index (χ0) is 11.6. The van der Waals surface area contributed by atoms with E-state index >= 15 is 0 Å². The van der Waals surface area contributed by atoms with E-state index in [9.17, 15) is 0 Å². The molecule has 4 nitrogen and oxygen atoms in total. The Labute approximate surface area is 96.3 Å². The summed E-state index contributed by atoms with van der Waals surface area (Å²) in [4.78, 5) is 0. The molecule has 0 heterocycles. The van der Waals surface area contributed by atoms with E-state index in [-0.39, 0.29) is 0 Å². The molecule has 0 unspecified atom stereocenters. The molecule has 0 radical (unpaired) electrons. The van der Waals surface area contributed by atoms with Gasteiger partial charge < -0.3 is 19.9 Å². The number of methoxy groups -OCH3 is 1.